The van der Waals surface area contributed by atoms with Crippen molar-refractivity contribution in [2.45, 2.75) is 39.8 Å². The molecule has 3 rings (SSSR count). The Bertz CT molecular complexity index is 1150. The zero-order valence-electron chi connectivity index (χ0n) is 19.9. The minimum atomic E-state index is -0.383. The van der Waals surface area contributed by atoms with E-state index in [1.165, 1.54) is 0 Å². The molecule has 0 saturated heterocycles. The highest BCUT2D eigenvalue weighted by molar-refractivity contribution is 5.92. The number of nitrogens with zero attached hydrogens (tertiary/aromatic N) is 3. The predicted molar refractivity (Wildman–Crippen MR) is 133 cm³/mol. The first kappa shape index (κ1) is 24.4. The summed E-state index contributed by atoms with van der Waals surface area (Å²) in [5.74, 6) is 0.902. The molecule has 1 heterocycles. The lowest BCUT2D eigenvalue weighted by molar-refractivity contribution is -0.128. The lowest BCUT2D eigenvalue weighted by atomic mass is 10.1. The zero-order chi connectivity index (χ0) is 23.8. The van der Waals surface area contributed by atoms with Crippen molar-refractivity contribution in [1.82, 2.24) is 14.5 Å². The number of benzene rings is 2. The molecule has 0 fully saturated rings. The summed E-state index contributed by atoms with van der Waals surface area (Å²) in [6.45, 7) is 7.54. The van der Waals surface area contributed by atoms with Gasteiger partial charge < -0.3 is 9.64 Å². The Morgan fingerprint density at radius 1 is 1.09 bits per heavy atom. The van der Waals surface area contributed by atoms with Crippen molar-refractivity contribution in [3.05, 3.63) is 82.4 Å². The van der Waals surface area contributed by atoms with Crippen LogP contribution in [0.25, 0.3) is 17.0 Å². The topological polar surface area (TPSA) is 64.4 Å². The number of carbonyl (C=O) groups is 1. The monoisotopic (exact) mass is 447 g/mol. The van der Waals surface area contributed by atoms with Crippen molar-refractivity contribution >= 4 is 22.9 Å². The smallest absolute Gasteiger partial charge is 0.261 e. The summed E-state index contributed by atoms with van der Waals surface area (Å²) in [6, 6.07) is 16.7. The first-order chi connectivity index (χ1) is 15.9. The molecule has 33 heavy (non-hydrogen) atoms. The highest BCUT2D eigenvalue weighted by Crippen LogP contribution is 2.22. The van der Waals surface area contributed by atoms with Crippen LogP contribution in [0.2, 0.25) is 0 Å². The van der Waals surface area contributed by atoms with Crippen LogP contribution in [0.4, 0.5) is 0 Å². The lowest BCUT2D eigenvalue weighted by Crippen LogP contribution is -2.38. The van der Waals surface area contributed by atoms with Crippen molar-refractivity contribution in [1.29, 1.82) is 0 Å². The number of rotatable bonds is 10. The lowest BCUT2D eigenvalue weighted by Gasteiger charge is -2.30. The normalized spacial score (nSPS) is 12.5. The largest absolute Gasteiger partial charge is 0.383 e. The Morgan fingerprint density at radius 2 is 1.79 bits per heavy atom. The summed E-state index contributed by atoms with van der Waals surface area (Å²) in [5, 5.41) is 0.564. The molecule has 3 aromatic rings. The third kappa shape index (κ3) is 6.17. The molecule has 174 valence electrons. The first-order valence-electron chi connectivity index (χ1n) is 11.4. The number of methoxy groups -OCH3 is 1. The van der Waals surface area contributed by atoms with Crippen LogP contribution in [-0.2, 0) is 16.1 Å². The Morgan fingerprint density at radius 3 is 2.48 bits per heavy atom. The average Bonchev–Trinajstić information content (AvgIpc) is 2.82. The number of hydrogen-bond acceptors (Lipinski definition) is 4. The number of aromatic nitrogens is 2. The Balaban J connectivity index is 2.02. The van der Waals surface area contributed by atoms with Crippen molar-refractivity contribution in [2.75, 3.05) is 20.3 Å². The molecule has 1 unspecified atom stereocenters. The maximum atomic E-state index is 13.3. The quantitative estimate of drug-likeness (QED) is 0.423. The maximum absolute atomic E-state index is 13.3. The Kier molecular flexibility index (Phi) is 8.55. The molecular weight excluding hydrogens is 414 g/mol. The first-order valence-corrected chi connectivity index (χ1v) is 11.4. The highest BCUT2D eigenvalue weighted by Gasteiger charge is 2.25. The van der Waals surface area contributed by atoms with Crippen LogP contribution in [0.3, 0.4) is 0 Å². The van der Waals surface area contributed by atoms with Crippen LogP contribution >= 0.6 is 0 Å². The predicted octanol–water partition coefficient (Wildman–Crippen LogP) is 4.69. The molecule has 6 heteroatoms. The standard InChI is InChI=1S/C27H33N3O3/c1-20(2)16-17-29(25(31)15-14-22-10-6-5-7-11-22)21(3)26-28-24-13-9-8-12-23(24)27(32)30(26)18-19-33-4/h5-15,20-21H,16-19H2,1-4H3/b15-14+. The molecule has 0 bridgehead atoms. The molecule has 0 aliphatic rings. The van der Waals surface area contributed by atoms with Crippen molar-refractivity contribution < 1.29 is 9.53 Å². The van der Waals surface area contributed by atoms with E-state index in [4.69, 9.17) is 9.72 Å². The number of fused-ring (bicyclic) bond motifs is 1. The number of ether oxygens (including phenoxy) is 1. The van der Waals surface area contributed by atoms with Crippen LogP contribution in [0.1, 0.15) is 44.6 Å². The van der Waals surface area contributed by atoms with E-state index >= 15 is 0 Å². The van der Waals surface area contributed by atoms with Gasteiger partial charge in [0.25, 0.3) is 5.56 Å². The van der Waals surface area contributed by atoms with Crippen LogP contribution in [0.15, 0.2) is 65.5 Å². The van der Waals surface area contributed by atoms with E-state index in [1.54, 1.807) is 28.7 Å². The molecule has 0 aliphatic heterocycles. The molecule has 1 amide bonds. The van der Waals surface area contributed by atoms with Gasteiger partial charge in [-0.15, -0.1) is 0 Å². The zero-order valence-corrected chi connectivity index (χ0v) is 19.9. The summed E-state index contributed by atoms with van der Waals surface area (Å²) >= 11 is 0. The summed E-state index contributed by atoms with van der Waals surface area (Å²) in [4.78, 5) is 33.2. The number of amides is 1. The molecule has 1 atom stereocenters. The second-order valence-corrected chi connectivity index (χ2v) is 8.57. The molecule has 0 radical (unpaired) electrons. The van der Waals surface area contributed by atoms with E-state index in [0.29, 0.717) is 42.3 Å². The van der Waals surface area contributed by atoms with Gasteiger partial charge in [-0.05, 0) is 43.0 Å². The highest BCUT2D eigenvalue weighted by atomic mass is 16.5. The van der Waals surface area contributed by atoms with Crippen LogP contribution < -0.4 is 5.56 Å². The van der Waals surface area contributed by atoms with E-state index < -0.39 is 0 Å². The van der Waals surface area contributed by atoms with E-state index in [1.807, 2.05) is 61.5 Å². The van der Waals surface area contributed by atoms with Crippen LogP contribution in [0.5, 0.6) is 0 Å². The molecule has 0 N–H and O–H groups in total. The van der Waals surface area contributed by atoms with Gasteiger partial charge in [0.1, 0.15) is 5.82 Å². The van der Waals surface area contributed by atoms with Gasteiger partial charge in [0.15, 0.2) is 0 Å². The molecule has 6 nitrogen and oxygen atoms in total. The minimum absolute atomic E-state index is 0.104. The third-order valence-electron chi connectivity index (χ3n) is 5.70. The van der Waals surface area contributed by atoms with Gasteiger partial charge in [0, 0.05) is 19.7 Å². The van der Waals surface area contributed by atoms with Crippen LogP contribution in [0, 0.1) is 5.92 Å². The summed E-state index contributed by atoms with van der Waals surface area (Å²) in [7, 11) is 1.61. The van der Waals surface area contributed by atoms with Gasteiger partial charge >= 0.3 is 0 Å². The van der Waals surface area contributed by atoms with Gasteiger partial charge in [-0.3, -0.25) is 14.2 Å². The third-order valence-corrected chi connectivity index (χ3v) is 5.70. The van der Waals surface area contributed by atoms with Crippen molar-refractivity contribution in [2.24, 2.45) is 5.92 Å². The number of carbonyl (C=O) groups excluding carboxylic acids is 1. The van der Waals surface area contributed by atoms with Gasteiger partial charge in [-0.1, -0.05) is 56.3 Å². The summed E-state index contributed by atoms with van der Waals surface area (Å²) in [6.07, 6.45) is 4.28. The van der Waals surface area contributed by atoms with Gasteiger partial charge in [-0.2, -0.15) is 0 Å². The SMILES string of the molecule is COCCn1c(C(C)N(CCC(C)C)C(=O)/C=C/c2ccccc2)nc2ccccc2c1=O. The van der Waals surface area contributed by atoms with Crippen LogP contribution in [-0.4, -0.2) is 40.6 Å². The number of para-hydroxylation sites is 1. The Hall–Kier alpha value is -3.25. The summed E-state index contributed by atoms with van der Waals surface area (Å²) in [5.41, 5.74) is 1.48. The van der Waals surface area contributed by atoms with E-state index in [0.717, 1.165) is 12.0 Å². The molecule has 2 aromatic carbocycles. The molecule has 0 saturated carbocycles. The van der Waals surface area contributed by atoms with Gasteiger partial charge in [0.2, 0.25) is 5.91 Å². The second kappa shape index (κ2) is 11.6. The van der Waals surface area contributed by atoms with E-state index in [-0.39, 0.29) is 17.5 Å². The van der Waals surface area contributed by atoms with E-state index in [9.17, 15) is 9.59 Å². The molecule has 0 aliphatic carbocycles. The number of hydrogen-bond donors (Lipinski definition) is 0. The molecule has 0 spiro atoms. The van der Waals surface area contributed by atoms with Gasteiger partial charge in [0.05, 0.1) is 30.1 Å². The second-order valence-electron chi connectivity index (χ2n) is 8.57. The fourth-order valence-electron chi connectivity index (χ4n) is 3.76. The fraction of sp³-hybridized carbons (Fsp3) is 0.370. The van der Waals surface area contributed by atoms with Gasteiger partial charge in [-0.25, -0.2) is 4.98 Å². The summed E-state index contributed by atoms with van der Waals surface area (Å²) < 4.78 is 6.89. The molecular formula is C27H33N3O3. The maximum Gasteiger partial charge on any atom is 0.261 e. The fourth-order valence-corrected chi connectivity index (χ4v) is 3.76. The Labute approximate surface area is 195 Å². The minimum Gasteiger partial charge on any atom is -0.383 e. The van der Waals surface area contributed by atoms with Crippen molar-refractivity contribution in [3.8, 4) is 0 Å². The van der Waals surface area contributed by atoms with E-state index in [2.05, 4.69) is 13.8 Å². The van der Waals surface area contributed by atoms with Crippen molar-refractivity contribution in [3.63, 3.8) is 0 Å². The average molecular weight is 448 g/mol. The molecule has 1 aromatic heterocycles.